The van der Waals surface area contributed by atoms with Gasteiger partial charge >= 0.3 is 6.03 Å². The molecule has 1 aliphatic rings. The van der Waals surface area contributed by atoms with Crippen LogP contribution in [0.15, 0.2) is 33.7 Å². The number of benzene rings is 1. The van der Waals surface area contributed by atoms with Crippen molar-refractivity contribution in [2.24, 2.45) is 0 Å². The smallest absolute Gasteiger partial charge is 0.325 e. The highest BCUT2D eigenvalue weighted by Gasteiger charge is 2.49. The van der Waals surface area contributed by atoms with E-state index in [4.69, 9.17) is 4.52 Å². The summed E-state index contributed by atoms with van der Waals surface area (Å²) in [6.07, 6.45) is 1.10. The molecule has 10 heteroatoms. The number of hydrogen-bond acceptors (Lipinski definition) is 7. The number of rotatable bonds is 5. The molecule has 27 heavy (non-hydrogen) atoms. The Morgan fingerprint density at radius 1 is 1.22 bits per heavy atom. The van der Waals surface area contributed by atoms with Gasteiger partial charge in [-0.1, -0.05) is 31.1 Å². The largest absolute Gasteiger partial charge is 0.339 e. The van der Waals surface area contributed by atoms with Gasteiger partial charge in [-0.05, 0) is 24.6 Å². The summed E-state index contributed by atoms with van der Waals surface area (Å²) in [7, 11) is -3.35. The molecule has 2 heterocycles. The van der Waals surface area contributed by atoms with E-state index in [1.165, 1.54) is 24.3 Å². The van der Waals surface area contributed by atoms with Crippen LogP contribution in [0.1, 0.15) is 44.0 Å². The van der Waals surface area contributed by atoms with Crippen LogP contribution < -0.4 is 5.32 Å². The van der Waals surface area contributed by atoms with E-state index in [0.717, 1.165) is 11.2 Å². The molecule has 1 aromatic heterocycles. The molecule has 1 N–H and O–H groups in total. The molecule has 3 rings (SSSR count). The zero-order valence-corrected chi connectivity index (χ0v) is 16.2. The normalized spacial score (nSPS) is 20.4. The molecule has 1 unspecified atom stereocenters. The predicted molar refractivity (Wildman–Crippen MR) is 94.4 cm³/mol. The second-order valence-electron chi connectivity index (χ2n) is 6.95. The third-order valence-electron chi connectivity index (χ3n) is 4.41. The number of aromatic nitrogens is 2. The Kier molecular flexibility index (Phi) is 4.54. The van der Waals surface area contributed by atoms with E-state index in [2.05, 4.69) is 15.5 Å². The maximum Gasteiger partial charge on any atom is 0.325 e. The molecule has 0 saturated carbocycles. The van der Waals surface area contributed by atoms with E-state index in [0.29, 0.717) is 11.5 Å². The first-order valence-electron chi connectivity index (χ1n) is 8.29. The Morgan fingerprint density at radius 2 is 1.85 bits per heavy atom. The fourth-order valence-corrected chi connectivity index (χ4v) is 3.41. The lowest BCUT2D eigenvalue weighted by atomic mass is 9.92. The number of amides is 3. The molecule has 144 valence electrons. The van der Waals surface area contributed by atoms with E-state index in [1.54, 1.807) is 6.92 Å². The van der Waals surface area contributed by atoms with Crippen LogP contribution >= 0.6 is 0 Å². The third-order valence-corrected chi connectivity index (χ3v) is 5.54. The number of nitrogens with zero attached hydrogens (tertiary/aromatic N) is 3. The molecular formula is C17H20N4O5S. The Morgan fingerprint density at radius 3 is 2.37 bits per heavy atom. The van der Waals surface area contributed by atoms with Gasteiger partial charge in [0.25, 0.3) is 5.91 Å². The molecule has 0 bridgehead atoms. The van der Waals surface area contributed by atoms with Crippen LogP contribution in [0, 0.1) is 0 Å². The van der Waals surface area contributed by atoms with Crippen molar-refractivity contribution in [1.82, 2.24) is 20.4 Å². The van der Waals surface area contributed by atoms with Crippen molar-refractivity contribution in [3.63, 3.8) is 0 Å². The summed E-state index contributed by atoms with van der Waals surface area (Å²) < 4.78 is 28.3. The predicted octanol–water partition coefficient (Wildman–Crippen LogP) is 1.56. The van der Waals surface area contributed by atoms with Crippen molar-refractivity contribution >= 4 is 21.8 Å². The highest BCUT2D eigenvalue weighted by molar-refractivity contribution is 7.90. The number of hydrogen-bond donors (Lipinski definition) is 1. The van der Waals surface area contributed by atoms with Gasteiger partial charge in [-0.15, -0.1) is 0 Å². The summed E-state index contributed by atoms with van der Waals surface area (Å²) in [6.45, 7) is 5.24. The summed E-state index contributed by atoms with van der Waals surface area (Å²) in [5, 5.41) is 6.46. The zero-order valence-electron chi connectivity index (χ0n) is 15.4. The quantitative estimate of drug-likeness (QED) is 0.766. The minimum absolute atomic E-state index is 0.0352. The molecule has 1 aliphatic heterocycles. The number of nitrogens with one attached hydrogen (secondary N) is 1. The molecule has 1 fully saturated rings. The van der Waals surface area contributed by atoms with Crippen molar-refractivity contribution in [2.75, 3.05) is 6.26 Å². The van der Waals surface area contributed by atoms with E-state index in [9.17, 15) is 18.0 Å². The second kappa shape index (κ2) is 6.45. The van der Waals surface area contributed by atoms with Crippen molar-refractivity contribution in [1.29, 1.82) is 0 Å². The highest BCUT2D eigenvalue weighted by Crippen LogP contribution is 2.30. The SMILES string of the molecule is CC(C)c1nc(CN2C(=O)NC(C)(c3ccc(S(C)(=O)=O)cc3)C2=O)no1. The van der Waals surface area contributed by atoms with Crippen molar-refractivity contribution in [3.8, 4) is 0 Å². The minimum Gasteiger partial charge on any atom is -0.339 e. The number of urea groups is 1. The Labute approximate surface area is 156 Å². The standard InChI is InChI=1S/C17H20N4O5S/c1-10(2)14-18-13(20-26-14)9-21-15(22)17(3,19-16(21)23)11-5-7-12(8-6-11)27(4,24)25/h5-8,10H,9H2,1-4H3,(H,19,23). The summed E-state index contributed by atoms with van der Waals surface area (Å²) in [5.41, 5.74) is -0.829. The molecule has 0 radical (unpaired) electrons. The van der Waals surface area contributed by atoms with Gasteiger partial charge in [-0.25, -0.2) is 13.2 Å². The molecule has 1 aromatic carbocycles. The van der Waals surface area contributed by atoms with Gasteiger partial charge in [0.2, 0.25) is 5.89 Å². The third kappa shape index (κ3) is 3.44. The minimum atomic E-state index is -3.35. The van der Waals surface area contributed by atoms with Gasteiger partial charge < -0.3 is 9.84 Å². The zero-order chi connectivity index (χ0) is 20.0. The van der Waals surface area contributed by atoms with Gasteiger partial charge in [-0.2, -0.15) is 4.98 Å². The summed E-state index contributed by atoms with van der Waals surface area (Å²) in [5.74, 6) is 0.221. The number of sulfone groups is 1. The lowest BCUT2D eigenvalue weighted by molar-refractivity contribution is -0.131. The molecular weight excluding hydrogens is 372 g/mol. The molecule has 1 saturated heterocycles. The first-order chi connectivity index (χ1) is 12.5. The van der Waals surface area contributed by atoms with Gasteiger partial charge in [0.1, 0.15) is 5.54 Å². The number of imide groups is 1. The molecule has 0 aliphatic carbocycles. The topological polar surface area (TPSA) is 122 Å². The van der Waals surface area contributed by atoms with Crippen molar-refractivity contribution < 1.29 is 22.5 Å². The van der Waals surface area contributed by atoms with Crippen LogP contribution in [0.5, 0.6) is 0 Å². The maximum atomic E-state index is 12.9. The highest BCUT2D eigenvalue weighted by atomic mass is 32.2. The summed E-state index contributed by atoms with van der Waals surface area (Å²) in [4.78, 5) is 30.6. The first-order valence-corrected chi connectivity index (χ1v) is 10.2. The number of carbonyl (C=O) groups is 2. The Hall–Kier alpha value is -2.75. The Balaban J connectivity index is 1.85. The van der Waals surface area contributed by atoms with E-state index < -0.39 is 27.3 Å². The molecule has 3 amide bonds. The average Bonchev–Trinajstić information content (AvgIpc) is 3.14. The van der Waals surface area contributed by atoms with Crippen LogP contribution in [0.25, 0.3) is 0 Å². The monoisotopic (exact) mass is 392 g/mol. The van der Waals surface area contributed by atoms with Crippen molar-refractivity contribution in [2.45, 2.75) is 43.7 Å². The lowest BCUT2D eigenvalue weighted by Crippen LogP contribution is -2.40. The van der Waals surface area contributed by atoms with E-state index in [-0.39, 0.29) is 23.2 Å². The van der Waals surface area contributed by atoms with Crippen LogP contribution in [0.2, 0.25) is 0 Å². The average molecular weight is 392 g/mol. The van der Waals surface area contributed by atoms with Crippen LogP contribution in [0.3, 0.4) is 0 Å². The molecule has 9 nitrogen and oxygen atoms in total. The van der Waals surface area contributed by atoms with Crippen LogP contribution in [-0.2, 0) is 26.7 Å². The maximum absolute atomic E-state index is 12.9. The summed E-state index contributed by atoms with van der Waals surface area (Å²) in [6, 6.07) is 5.27. The first kappa shape index (κ1) is 19.0. The fraction of sp³-hybridized carbons (Fsp3) is 0.412. The van der Waals surface area contributed by atoms with Crippen LogP contribution in [-0.4, -0.2) is 41.7 Å². The molecule has 0 spiro atoms. The Bertz CT molecular complexity index is 997. The molecule has 2 aromatic rings. The van der Waals surface area contributed by atoms with Gasteiger partial charge in [-0.3, -0.25) is 9.69 Å². The summed E-state index contributed by atoms with van der Waals surface area (Å²) >= 11 is 0. The van der Waals surface area contributed by atoms with Crippen molar-refractivity contribution in [3.05, 3.63) is 41.5 Å². The van der Waals surface area contributed by atoms with Gasteiger partial charge in [0.15, 0.2) is 15.7 Å². The molecule has 1 atom stereocenters. The van der Waals surface area contributed by atoms with Gasteiger partial charge in [0, 0.05) is 12.2 Å². The fourth-order valence-electron chi connectivity index (χ4n) is 2.78. The van der Waals surface area contributed by atoms with E-state index >= 15 is 0 Å². The van der Waals surface area contributed by atoms with Gasteiger partial charge in [0.05, 0.1) is 11.4 Å². The number of carbonyl (C=O) groups excluding carboxylic acids is 2. The van der Waals surface area contributed by atoms with Crippen LogP contribution in [0.4, 0.5) is 4.79 Å². The lowest BCUT2D eigenvalue weighted by Gasteiger charge is -2.22. The van der Waals surface area contributed by atoms with E-state index in [1.807, 2.05) is 13.8 Å². The second-order valence-corrected chi connectivity index (χ2v) is 8.96.